The van der Waals surface area contributed by atoms with Gasteiger partial charge in [-0.05, 0) is 52.3 Å². The van der Waals surface area contributed by atoms with Crippen LogP contribution in [0.4, 0.5) is 19.0 Å². The van der Waals surface area contributed by atoms with Gasteiger partial charge in [0.1, 0.15) is 11.6 Å². The van der Waals surface area contributed by atoms with Crippen molar-refractivity contribution < 1.29 is 22.7 Å². The lowest BCUT2D eigenvalue weighted by Gasteiger charge is -2.11. The first-order valence-corrected chi connectivity index (χ1v) is 8.34. The highest BCUT2D eigenvalue weighted by atomic mass is 79.9. The number of aromatic nitrogens is 2. The Kier molecular flexibility index (Phi) is 5.41. The molecule has 0 fully saturated rings. The minimum absolute atomic E-state index is 0.00681. The number of anilines is 1. The van der Waals surface area contributed by atoms with Crippen molar-refractivity contribution in [1.82, 2.24) is 9.97 Å². The SMILES string of the molecule is O=C(Nc1ccc(-c2cccnc2)cn1)c1ccc(OC(F)(F)F)c(Br)c1. The predicted molar refractivity (Wildman–Crippen MR) is 96.2 cm³/mol. The topological polar surface area (TPSA) is 64.1 Å². The number of carbonyl (C=O) groups is 1. The van der Waals surface area contributed by atoms with Gasteiger partial charge in [0.2, 0.25) is 0 Å². The number of halogens is 4. The predicted octanol–water partition coefficient (Wildman–Crippen LogP) is 5.06. The van der Waals surface area contributed by atoms with E-state index in [2.05, 4.69) is 36.0 Å². The Hall–Kier alpha value is -2.94. The summed E-state index contributed by atoms with van der Waals surface area (Å²) in [5.41, 5.74) is 1.86. The minimum atomic E-state index is -4.81. The molecule has 138 valence electrons. The second kappa shape index (κ2) is 7.75. The zero-order valence-corrected chi connectivity index (χ0v) is 15.1. The molecule has 27 heavy (non-hydrogen) atoms. The van der Waals surface area contributed by atoms with Crippen LogP contribution >= 0.6 is 15.9 Å². The Bertz CT molecular complexity index is 948. The Balaban J connectivity index is 1.71. The third-order valence-corrected chi connectivity index (χ3v) is 4.04. The number of amides is 1. The quantitative estimate of drug-likeness (QED) is 0.619. The maximum absolute atomic E-state index is 12.3. The summed E-state index contributed by atoms with van der Waals surface area (Å²) in [5.74, 6) is -0.645. The lowest BCUT2D eigenvalue weighted by atomic mass is 10.1. The number of hydrogen-bond donors (Lipinski definition) is 1. The van der Waals surface area contributed by atoms with E-state index in [4.69, 9.17) is 0 Å². The molecule has 2 aromatic heterocycles. The van der Waals surface area contributed by atoms with Gasteiger partial charge in [-0.2, -0.15) is 0 Å². The monoisotopic (exact) mass is 437 g/mol. The van der Waals surface area contributed by atoms with Crippen LogP contribution in [-0.2, 0) is 0 Å². The summed E-state index contributed by atoms with van der Waals surface area (Å²) in [6.45, 7) is 0. The van der Waals surface area contributed by atoms with Gasteiger partial charge in [-0.25, -0.2) is 4.98 Å². The Morgan fingerprint density at radius 1 is 1.07 bits per heavy atom. The molecule has 0 aliphatic rings. The number of ether oxygens (including phenoxy) is 1. The molecule has 0 spiro atoms. The van der Waals surface area contributed by atoms with Crippen molar-refractivity contribution in [3.05, 3.63) is 71.1 Å². The number of pyridine rings is 2. The van der Waals surface area contributed by atoms with E-state index in [0.29, 0.717) is 5.82 Å². The van der Waals surface area contributed by atoms with E-state index < -0.39 is 18.0 Å². The molecule has 0 unspecified atom stereocenters. The van der Waals surface area contributed by atoms with Crippen molar-refractivity contribution in [1.29, 1.82) is 0 Å². The summed E-state index contributed by atoms with van der Waals surface area (Å²) in [7, 11) is 0. The van der Waals surface area contributed by atoms with Gasteiger partial charge in [0.05, 0.1) is 4.47 Å². The molecular formula is C18H11BrF3N3O2. The molecule has 0 aliphatic carbocycles. The van der Waals surface area contributed by atoms with Gasteiger partial charge < -0.3 is 10.1 Å². The fourth-order valence-electron chi connectivity index (χ4n) is 2.21. The molecule has 2 heterocycles. The lowest BCUT2D eigenvalue weighted by molar-refractivity contribution is -0.274. The van der Waals surface area contributed by atoms with Crippen molar-refractivity contribution >= 4 is 27.7 Å². The molecule has 3 rings (SSSR count). The second-order valence-corrected chi connectivity index (χ2v) is 6.18. The highest BCUT2D eigenvalue weighted by molar-refractivity contribution is 9.10. The Morgan fingerprint density at radius 3 is 2.44 bits per heavy atom. The molecule has 9 heteroatoms. The molecule has 0 radical (unpaired) electrons. The number of benzene rings is 1. The number of rotatable bonds is 4. The minimum Gasteiger partial charge on any atom is -0.405 e. The van der Waals surface area contributed by atoms with Crippen molar-refractivity contribution in [2.24, 2.45) is 0 Å². The molecule has 1 N–H and O–H groups in total. The standard InChI is InChI=1S/C18H11BrF3N3O2/c19-14-8-11(3-5-15(14)27-18(20,21)22)17(26)25-16-6-4-13(10-24-16)12-2-1-7-23-9-12/h1-10H,(H,24,25,26). The zero-order chi connectivity index (χ0) is 19.4. The van der Waals surface area contributed by atoms with Gasteiger partial charge in [0.25, 0.3) is 5.91 Å². The maximum atomic E-state index is 12.3. The van der Waals surface area contributed by atoms with Crippen LogP contribution in [0.1, 0.15) is 10.4 Å². The van der Waals surface area contributed by atoms with Crippen LogP contribution < -0.4 is 10.1 Å². The number of hydrogen-bond acceptors (Lipinski definition) is 4. The summed E-state index contributed by atoms with van der Waals surface area (Å²) in [5, 5.41) is 2.58. The highest BCUT2D eigenvalue weighted by Crippen LogP contribution is 2.31. The second-order valence-electron chi connectivity index (χ2n) is 5.32. The lowest BCUT2D eigenvalue weighted by Crippen LogP contribution is -2.18. The van der Waals surface area contributed by atoms with Gasteiger partial charge >= 0.3 is 6.36 Å². The van der Waals surface area contributed by atoms with Gasteiger partial charge in [0.15, 0.2) is 0 Å². The van der Waals surface area contributed by atoms with Crippen LogP contribution in [0, 0.1) is 0 Å². The molecule has 3 aromatic rings. The summed E-state index contributed by atoms with van der Waals surface area (Å²) >= 11 is 2.96. The summed E-state index contributed by atoms with van der Waals surface area (Å²) in [4.78, 5) is 20.5. The summed E-state index contributed by atoms with van der Waals surface area (Å²) in [6.07, 6.45) is 0.126. The average Bonchev–Trinajstić information content (AvgIpc) is 2.63. The maximum Gasteiger partial charge on any atom is 0.573 e. The molecule has 0 aliphatic heterocycles. The van der Waals surface area contributed by atoms with Crippen LogP contribution in [0.3, 0.4) is 0 Å². The van der Waals surface area contributed by atoms with Crippen LogP contribution in [0.2, 0.25) is 0 Å². The molecule has 0 saturated heterocycles. The normalized spacial score (nSPS) is 11.1. The number of nitrogens with one attached hydrogen (secondary N) is 1. The molecular weight excluding hydrogens is 427 g/mol. The van der Waals surface area contributed by atoms with E-state index >= 15 is 0 Å². The summed E-state index contributed by atoms with van der Waals surface area (Å²) in [6, 6.07) is 10.6. The zero-order valence-electron chi connectivity index (χ0n) is 13.5. The summed E-state index contributed by atoms with van der Waals surface area (Å²) < 4.78 is 40.7. The largest absolute Gasteiger partial charge is 0.573 e. The molecule has 0 bridgehead atoms. The number of alkyl halides is 3. The van der Waals surface area contributed by atoms with Gasteiger partial charge in [-0.3, -0.25) is 9.78 Å². The van der Waals surface area contributed by atoms with Crippen molar-refractivity contribution in [2.45, 2.75) is 6.36 Å². The Morgan fingerprint density at radius 2 is 1.85 bits per heavy atom. The first-order valence-electron chi connectivity index (χ1n) is 7.55. The van der Waals surface area contributed by atoms with E-state index in [-0.39, 0.29) is 10.0 Å². The van der Waals surface area contributed by atoms with Crippen LogP contribution in [-0.4, -0.2) is 22.2 Å². The van der Waals surface area contributed by atoms with Crippen LogP contribution in [0.25, 0.3) is 11.1 Å². The molecule has 1 aromatic carbocycles. The first kappa shape index (κ1) is 18.8. The van der Waals surface area contributed by atoms with Crippen LogP contribution in [0.15, 0.2) is 65.5 Å². The van der Waals surface area contributed by atoms with Gasteiger partial charge in [-0.15, -0.1) is 13.2 Å². The third-order valence-electron chi connectivity index (χ3n) is 3.42. The van der Waals surface area contributed by atoms with E-state index in [9.17, 15) is 18.0 Å². The van der Waals surface area contributed by atoms with Gasteiger partial charge in [-0.1, -0.05) is 6.07 Å². The molecule has 0 atom stereocenters. The molecule has 0 saturated carbocycles. The number of carbonyl (C=O) groups excluding carboxylic acids is 1. The van der Waals surface area contributed by atoms with Crippen molar-refractivity contribution in [3.8, 4) is 16.9 Å². The van der Waals surface area contributed by atoms with E-state index in [1.165, 1.54) is 12.1 Å². The van der Waals surface area contributed by atoms with Crippen molar-refractivity contribution in [3.63, 3.8) is 0 Å². The molecule has 1 amide bonds. The number of nitrogens with zero attached hydrogens (tertiary/aromatic N) is 2. The highest BCUT2D eigenvalue weighted by Gasteiger charge is 2.32. The van der Waals surface area contributed by atoms with E-state index in [0.717, 1.165) is 17.2 Å². The smallest absolute Gasteiger partial charge is 0.405 e. The third kappa shape index (κ3) is 5.04. The van der Waals surface area contributed by atoms with Gasteiger partial charge in [0, 0.05) is 35.3 Å². The van der Waals surface area contributed by atoms with Crippen LogP contribution in [0.5, 0.6) is 5.75 Å². The fraction of sp³-hybridized carbons (Fsp3) is 0.0556. The molecule has 5 nitrogen and oxygen atoms in total. The van der Waals surface area contributed by atoms with Crippen molar-refractivity contribution in [2.75, 3.05) is 5.32 Å². The first-order chi connectivity index (χ1) is 12.8. The van der Waals surface area contributed by atoms with E-state index in [1.54, 1.807) is 36.8 Å². The Labute approximate surface area is 160 Å². The van der Waals surface area contributed by atoms with E-state index in [1.807, 2.05) is 6.07 Å². The fourth-order valence-corrected chi connectivity index (χ4v) is 2.67. The average molecular weight is 438 g/mol.